The molecule has 21 heavy (non-hydrogen) atoms. The fourth-order valence-corrected chi connectivity index (χ4v) is 2.43. The molecule has 7 nitrogen and oxygen atoms in total. The van der Waals surface area contributed by atoms with Gasteiger partial charge in [-0.3, -0.25) is 19.4 Å². The molecule has 0 saturated heterocycles. The Bertz CT molecular complexity index is 711. The minimum atomic E-state index is -0.330. The zero-order valence-electron chi connectivity index (χ0n) is 12.5. The Balaban J connectivity index is 2.59. The van der Waals surface area contributed by atoms with Crippen molar-refractivity contribution in [3.8, 4) is 0 Å². The molecular weight excluding hydrogens is 272 g/mol. The number of rotatable bonds is 5. The van der Waals surface area contributed by atoms with Gasteiger partial charge in [0.1, 0.15) is 0 Å². The number of hydrogen-bond donors (Lipinski definition) is 2. The van der Waals surface area contributed by atoms with Crippen molar-refractivity contribution in [1.82, 2.24) is 19.7 Å². The molecule has 0 fully saturated rings. The number of amides is 1. The SMILES string of the molecule is CCCN(CCO)C(=O)c1cc(C)nc2c1c(=O)[nH]n2C. The maximum Gasteiger partial charge on any atom is 0.274 e. The maximum absolute atomic E-state index is 12.7. The van der Waals surface area contributed by atoms with Crippen LogP contribution in [0.15, 0.2) is 10.9 Å². The summed E-state index contributed by atoms with van der Waals surface area (Å²) in [5, 5.41) is 12.0. The predicted molar refractivity (Wildman–Crippen MR) is 79.4 cm³/mol. The van der Waals surface area contributed by atoms with Crippen LogP contribution >= 0.6 is 0 Å². The van der Waals surface area contributed by atoms with E-state index in [1.54, 1.807) is 24.9 Å². The van der Waals surface area contributed by atoms with Gasteiger partial charge in [-0.25, -0.2) is 4.98 Å². The number of aromatic amines is 1. The van der Waals surface area contributed by atoms with Crippen LogP contribution in [0.4, 0.5) is 0 Å². The van der Waals surface area contributed by atoms with Crippen LogP contribution in [0.2, 0.25) is 0 Å². The lowest BCUT2D eigenvalue weighted by Crippen LogP contribution is -2.34. The second-order valence-corrected chi connectivity index (χ2v) is 5.03. The lowest BCUT2D eigenvalue weighted by Gasteiger charge is -2.21. The summed E-state index contributed by atoms with van der Waals surface area (Å²) in [4.78, 5) is 30.6. The smallest absolute Gasteiger partial charge is 0.274 e. The van der Waals surface area contributed by atoms with Crippen LogP contribution in [0.25, 0.3) is 11.0 Å². The highest BCUT2D eigenvalue weighted by atomic mass is 16.3. The van der Waals surface area contributed by atoms with E-state index in [0.29, 0.717) is 28.8 Å². The summed E-state index contributed by atoms with van der Waals surface area (Å²) >= 11 is 0. The average Bonchev–Trinajstić information content (AvgIpc) is 2.72. The summed E-state index contributed by atoms with van der Waals surface area (Å²) in [6, 6.07) is 1.62. The minimum Gasteiger partial charge on any atom is -0.395 e. The van der Waals surface area contributed by atoms with Crippen LogP contribution in [0.5, 0.6) is 0 Å². The molecule has 114 valence electrons. The largest absolute Gasteiger partial charge is 0.395 e. The van der Waals surface area contributed by atoms with Crippen molar-refractivity contribution in [2.24, 2.45) is 7.05 Å². The normalized spacial score (nSPS) is 11.0. The summed E-state index contributed by atoms with van der Waals surface area (Å²) in [5.41, 5.74) is 1.13. The van der Waals surface area contributed by atoms with Gasteiger partial charge in [0.25, 0.3) is 11.5 Å². The summed E-state index contributed by atoms with van der Waals surface area (Å²) in [6.07, 6.45) is 0.782. The molecule has 7 heteroatoms. The Labute approximate surface area is 122 Å². The monoisotopic (exact) mass is 292 g/mol. The molecule has 0 atom stereocenters. The Morgan fingerprint density at radius 2 is 2.19 bits per heavy atom. The Kier molecular flexibility index (Phi) is 4.42. The molecular formula is C14H20N4O3. The Morgan fingerprint density at radius 3 is 2.81 bits per heavy atom. The van der Waals surface area contributed by atoms with Gasteiger partial charge in [0.05, 0.1) is 17.6 Å². The molecule has 2 N–H and O–H groups in total. The molecule has 0 saturated carbocycles. The number of carbonyl (C=O) groups is 1. The highest BCUT2D eigenvalue weighted by Crippen LogP contribution is 2.16. The fourth-order valence-electron chi connectivity index (χ4n) is 2.43. The summed E-state index contributed by atoms with van der Waals surface area (Å²) < 4.78 is 1.51. The van der Waals surface area contributed by atoms with Crippen molar-refractivity contribution in [3.63, 3.8) is 0 Å². The Morgan fingerprint density at radius 1 is 1.48 bits per heavy atom. The molecule has 0 unspecified atom stereocenters. The third-order valence-electron chi connectivity index (χ3n) is 3.32. The van der Waals surface area contributed by atoms with Gasteiger partial charge in [-0.15, -0.1) is 0 Å². The van der Waals surface area contributed by atoms with E-state index in [1.165, 1.54) is 4.68 Å². The van der Waals surface area contributed by atoms with Crippen LogP contribution in [-0.4, -0.2) is 50.4 Å². The number of carbonyl (C=O) groups excluding carboxylic acids is 1. The van der Waals surface area contributed by atoms with E-state index < -0.39 is 0 Å². The lowest BCUT2D eigenvalue weighted by atomic mass is 10.1. The first kappa shape index (κ1) is 15.2. The number of fused-ring (bicyclic) bond motifs is 1. The van der Waals surface area contributed by atoms with Gasteiger partial charge in [0.2, 0.25) is 0 Å². The van der Waals surface area contributed by atoms with Crippen molar-refractivity contribution >= 4 is 16.9 Å². The standard InChI is InChI=1S/C14H20N4O3/c1-4-5-18(6-7-19)14(21)10-8-9(2)15-12-11(10)13(20)16-17(12)3/h8,19H,4-7H2,1-3H3,(H,16,20). The number of pyridine rings is 1. The van der Waals surface area contributed by atoms with Gasteiger partial charge in [0, 0.05) is 25.8 Å². The number of hydrogen-bond acceptors (Lipinski definition) is 4. The number of aryl methyl sites for hydroxylation is 2. The topological polar surface area (TPSA) is 91.2 Å². The first-order valence-corrected chi connectivity index (χ1v) is 6.96. The van der Waals surface area contributed by atoms with Crippen molar-refractivity contribution < 1.29 is 9.90 Å². The van der Waals surface area contributed by atoms with Crippen molar-refractivity contribution in [3.05, 3.63) is 27.7 Å². The average molecular weight is 292 g/mol. The van der Waals surface area contributed by atoms with Gasteiger partial charge < -0.3 is 10.0 Å². The summed E-state index contributed by atoms with van der Waals surface area (Å²) in [7, 11) is 1.68. The van der Waals surface area contributed by atoms with Gasteiger partial charge in [-0.05, 0) is 19.4 Å². The highest BCUT2D eigenvalue weighted by Gasteiger charge is 2.21. The molecule has 2 heterocycles. The van der Waals surface area contributed by atoms with E-state index in [4.69, 9.17) is 5.11 Å². The number of nitrogens with zero attached hydrogens (tertiary/aromatic N) is 3. The summed E-state index contributed by atoms with van der Waals surface area (Å²) in [5.74, 6) is -0.252. The van der Waals surface area contributed by atoms with Crippen LogP contribution in [0.3, 0.4) is 0 Å². The third-order valence-corrected chi connectivity index (χ3v) is 3.32. The third kappa shape index (κ3) is 2.82. The second kappa shape index (κ2) is 6.09. The van der Waals surface area contributed by atoms with E-state index in [2.05, 4.69) is 10.1 Å². The Hall–Kier alpha value is -2.15. The van der Waals surface area contributed by atoms with Crippen molar-refractivity contribution in [1.29, 1.82) is 0 Å². The minimum absolute atomic E-state index is 0.107. The zero-order valence-corrected chi connectivity index (χ0v) is 12.5. The molecule has 0 aliphatic rings. The molecule has 0 bridgehead atoms. The van der Waals surface area contributed by atoms with E-state index >= 15 is 0 Å². The molecule has 0 spiro atoms. The van der Waals surface area contributed by atoms with Gasteiger partial charge in [0.15, 0.2) is 5.65 Å². The number of aliphatic hydroxyl groups excluding tert-OH is 1. The number of aromatic nitrogens is 3. The molecule has 2 rings (SSSR count). The zero-order chi connectivity index (χ0) is 15.6. The first-order chi connectivity index (χ1) is 9.99. The quantitative estimate of drug-likeness (QED) is 0.835. The van der Waals surface area contributed by atoms with Crippen LogP contribution in [0, 0.1) is 6.92 Å². The summed E-state index contributed by atoms with van der Waals surface area (Å²) in [6.45, 7) is 4.42. The van der Waals surface area contributed by atoms with Gasteiger partial charge >= 0.3 is 0 Å². The van der Waals surface area contributed by atoms with E-state index in [1.807, 2.05) is 6.92 Å². The molecule has 0 radical (unpaired) electrons. The number of nitrogens with one attached hydrogen (secondary N) is 1. The molecule has 0 aliphatic heterocycles. The molecule has 1 amide bonds. The highest BCUT2D eigenvalue weighted by molar-refractivity contribution is 6.05. The van der Waals surface area contributed by atoms with E-state index in [9.17, 15) is 9.59 Å². The van der Waals surface area contributed by atoms with Crippen LogP contribution in [0.1, 0.15) is 29.4 Å². The number of aliphatic hydroxyl groups is 1. The fraction of sp³-hybridized carbons (Fsp3) is 0.500. The number of H-pyrrole nitrogens is 1. The first-order valence-electron chi connectivity index (χ1n) is 6.96. The molecule has 2 aromatic heterocycles. The van der Waals surface area contributed by atoms with E-state index in [0.717, 1.165) is 6.42 Å². The second-order valence-electron chi connectivity index (χ2n) is 5.03. The maximum atomic E-state index is 12.7. The lowest BCUT2D eigenvalue weighted by molar-refractivity contribution is 0.0723. The van der Waals surface area contributed by atoms with Gasteiger partial charge in [-0.2, -0.15) is 0 Å². The molecule has 0 aromatic carbocycles. The van der Waals surface area contributed by atoms with Gasteiger partial charge in [-0.1, -0.05) is 6.92 Å². The van der Waals surface area contributed by atoms with Crippen LogP contribution < -0.4 is 5.56 Å². The van der Waals surface area contributed by atoms with Crippen molar-refractivity contribution in [2.45, 2.75) is 20.3 Å². The van der Waals surface area contributed by atoms with Crippen LogP contribution in [-0.2, 0) is 7.05 Å². The predicted octanol–water partition coefficient (Wildman–Crippen LogP) is 0.415. The molecule has 2 aromatic rings. The van der Waals surface area contributed by atoms with E-state index in [-0.39, 0.29) is 24.6 Å². The van der Waals surface area contributed by atoms with Crippen molar-refractivity contribution in [2.75, 3.05) is 19.7 Å². The molecule has 0 aliphatic carbocycles.